The fraction of sp³-hybridized carbons (Fsp3) is 0.667. The molecule has 1 saturated heterocycles. The number of rotatable bonds is 3. The van der Waals surface area contributed by atoms with Crippen LogP contribution >= 0.6 is 0 Å². The maximum atomic E-state index is 5.56. The molecule has 4 nitrogen and oxygen atoms in total. The summed E-state index contributed by atoms with van der Waals surface area (Å²) in [5.74, 6) is 1.03. The van der Waals surface area contributed by atoms with Gasteiger partial charge in [-0.05, 0) is 20.0 Å². The van der Waals surface area contributed by atoms with Crippen LogP contribution in [-0.4, -0.2) is 42.5 Å². The number of hydrogen-bond donors (Lipinski definition) is 1. The Kier molecular flexibility index (Phi) is 3.63. The minimum Gasteiger partial charge on any atom is -0.468 e. The van der Waals surface area contributed by atoms with Gasteiger partial charge in [-0.3, -0.25) is 4.90 Å². The molecular formula is C12H21N3O. The van der Waals surface area contributed by atoms with Crippen LogP contribution in [0.2, 0.25) is 0 Å². The average Bonchev–Trinajstić information content (AvgIpc) is 2.71. The van der Waals surface area contributed by atoms with Crippen molar-refractivity contribution in [3.63, 3.8) is 0 Å². The van der Waals surface area contributed by atoms with Crippen molar-refractivity contribution in [2.24, 2.45) is 5.73 Å². The number of likely N-dealkylation sites (N-methyl/N-ethyl adjacent to an activating group) is 1. The Morgan fingerprint density at radius 2 is 2.31 bits per heavy atom. The van der Waals surface area contributed by atoms with Gasteiger partial charge in [0.15, 0.2) is 0 Å². The van der Waals surface area contributed by atoms with Crippen LogP contribution in [0.5, 0.6) is 0 Å². The highest BCUT2D eigenvalue weighted by Gasteiger charge is 2.21. The third-order valence-corrected chi connectivity index (χ3v) is 3.37. The van der Waals surface area contributed by atoms with Crippen LogP contribution in [0.1, 0.15) is 18.2 Å². The lowest BCUT2D eigenvalue weighted by molar-refractivity contribution is 0.0947. The van der Waals surface area contributed by atoms with Crippen molar-refractivity contribution in [1.82, 2.24) is 9.80 Å². The molecule has 1 unspecified atom stereocenters. The van der Waals surface area contributed by atoms with Crippen molar-refractivity contribution >= 4 is 0 Å². The van der Waals surface area contributed by atoms with E-state index in [2.05, 4.69) is 29.8 Å². The zero-order valence-electron chi connectivity index (χ0n) is 10.1. The molecule has 1 fully saturated rings. The summed E-state index contributed by atoms with van der Waals surface area (Å²) in [6, 6.07) is 2.68. The van der Waals surface area contributed by atoms with E-state index in [1.807, 2.05) is 0 Å². The van der Waals surface area contributed by atoms with Gasteiger partial charge in [0.25, 0.3) is 0 Å². The van der Waals surface area contributed by atoms with E-state index in [1.54, 1.807) is 6.26 Å². The molecule has 2 rings (SSSR count). The summed E-state index contributed by atoms with van der Waals surface area (Å²) in [6.07, 6.45) is 1.76. The Bertz CT molecular complexity index is 337. The van der Waals surface area contributed by atoms with E-state index >= 15 is 0 Å². The zero-order chi connectivity index (χ0) is 11.5. The molecule has 4 heteroatoms. The van der Waals surface area contributed by atoms with Crippen molar-refractivity contribution in [2.45, 2.75) is 26.1 Å². The minimum absolute atomic E-state index is 0.558. The molecule has 1 aromatic rings. The molecule has 0 bridgehead atoms. The van der Waals surface area contributed by atoms with E-state index in [-0.39, 0.29) is 0 Å². The molecule has 0 aliphatic carbocycles. The number of hydrogen-bond acceptors (Lipinski definition) is 4. The predicted molar refractivity (Wildman–Crippen MR) is 64.0 cm³/mol. The molecule has 2 N–H and O–H groups in total. The lowest BCUT2D eigenvalue weighted by Gasteiger charge is -2.37. The molecule has 0 radical (unpaired) electrons. The van der Waals surface area contributed by atoms with Gasteiger partial charge in [0.05, 0.1) is 12.8 Å². The third-order valence-electron chi connectivity index (χ3n) is 3.37. The summed E-state index contributed by atoms with van der Waals surface area (Å²) in [5, 5.41) is 0. The van der Waals surface area contributed by atoms with Gasteiger partial charge in [-0.2, -0.15) is 0 Å². The molecular weight excluding hydrogens is 202 g/mol. The van der Waals surface area contributed by atoms with E-state index in [1.165, 1.54) is 0 Å². The van der Waals surface area contributed by atoms with Crippen LogP contribution in [0.25, 0.3) is 0 Å². The molecule has 16 heavy (non-hydrogen) atoms. The highest BCUT2D eigenvalue weighted by molar-refractivity contribution is 5.12. The van der Waals surface area contributed by atoms with Crippen LogP contribution < -0.4 is 5.73 Å². The summed E-state index contributed by atoms with van der Waals surface area (Å²) in [7, 11) is 2.18. The fourth-order valence-electron chi connectivity index (χ4n) is 2.10. The normalized spacial score (nSPS) is 23.8. The van der Waals surface area contributed by atoms with Crippen molar-refractivity contribution in [1.29, 1.82) is 0 Å². The van der Waals surface area contributed by atoms with Crippen molar-refractivity contribution in [3.05, 3.63) is 23.7 Å². The van der Waals surface area contributed by atoms with E-state index in [9.17, 15) is 0 Å². The van der Waals surface area contributed by atoms with Gasteiger partial charge < -0.3 is 15.1 Å². The number of piperazine rings is 1. The number of nitrogens with two attached hydrogens (primary N) is 1. The quantitative estimate of drug-likeness (QED) is 0.826. The standard InChI is InChI=1S/C12H21N3O/c1-10-7-15(4-3-14(10)2)8-12-5-11(6-13)9-16-12/h5,9-10H,3-4,6-8,13H2,1-2H3. The number of nitrogens with zero attached hydrogens (tertiary/aromatic N) is 2. The first-order valence-corrected chi connectivity index (χ1v) is 5.88. The smallest absolute Gasteiger partial charge is 0.118 e. The highest BCUT2D eigenvalue weighted by atomic mass is 16.3. The second-order valence-electron chi connectivity index (χ2n) is 4.69. The molecule has 2 heterocycles. The molecule has 0 spiro atoms. The molecule has 0 amide bonds. The van der Waals surface area contributed by atoms with Crippen LogP contribution in [0.4, 0.5) is 0 Å². The van der Waals surface area contributed by atoms with Crippen LogP contribution in [-0.2, 0) is 13.1 Å². The first-order valence-electron chi connectivity index (χ1n) is 5.88. The molecule has 0 saturated carbocycles. The van der Waals surface area contributed by atoms with Crippen molar-refractivity contribution in [3.8, 4) is 0 Å². The second-order valence-corrected chi connectivity index (χ2v) is 4.69. The van der Waals surface area contributed by atoms with Gasteiger partial charge in [0.1, 0.15) is 5.76 Å². The van der Waals surface area contributed by atoms with Crippen LogP contribution in [0.3, 0.4) is 0 Å². The first kappa shape index (κ1) is 11.6. The van der Waals surface area contributed by atoms with E-state index in [0.29, 0.717) is 12.6 Å². The van der Waals surface area contributed by atoms with Crippen molar-refractivity contribution in [2.75, 3.05) is 26.7 Å². The molecule has 1 atom stereocenters. The SMILES string of the molecule is CC1CN(Cc2cc(CN)co2)CCN1C. The largest absolute Gasteiger partial charge is 0.468 e. The molecule has 1 aromatic heterocycles. The van der Waals surface area contributed by atoms with Gasteiger partial charge in [0.2, 0.25) is 0 Å². The fourth-order valence-corrected chi connectivity index (χ4v) is 2.10. The summed E-state index contributed by atoms with van der Waals surface area (Å²) >= 11 is 0. The molecule has 1 aliphatic heterocycles. The molecule has 1 aliphatic rings. The zero-order valence-corrected chi connectivity index (χ0v) is 10.1. The summed E-state index contributed by atoms with van der Waals surface area (Å²) in [4.78, 5) is 4.83. The predicted octanol–water partition coefficient (Wildman–Crippen LogP) is 0.874. The van der Waals surface area contributed by atoms with Crippen LogP contribution in [0.15, 0.2) is 16.7 Å². The Hall–Kier alpha value is -0.840. The monoisotopic (exact) mass is 223 g/mol. The maximum Gasteiger partial charge on any atom is 0.118 e. The van der Waals surface area contributed by atoms with E-state index < -0.39 is 0 Å². The van der Waals surface area contributed by atoms with Gasteiger partial charge in [-0.1, -0.05) is 0 Å². The number of furan rings is 1. The lowest BCUT2D eigenvalue weighted by atomic mass is 10.2. The average molecular weight is 223 g/mol. The Labute approximate surface area is 97.0 Å². The van der Waals surface area contributed by atoms with Gasteiger partial charge >= 0.3 is 0 Å². The van der Waals surface area contributed by atoms with Gasteiger partial charge in [0, 0.05) is 37.8 Å². The van der Waals surface area contributed by atoms with Crippen LogP contribution in [0, 0.1) is 0 Å². The highest BCUT2D eigenvalue weighted by Crippen LogP contribution is 2.13. The minimum atomic E-state index is 0.558. The van der Waals surface area contributed by atoms with Gasteiger partial charge in [-0.25, -0.2) is 0 Å². The Morgan fingerprint density at radius 3 is 2.94 bits per heavy atom. The van der Waals surface area contributed by atoms with E-state index in [0.717, 1.165) is 37.5 Å². The molecule has 0 aromatic carbocycles. The molecule has 90 valence electrons. The van der Waals surface area contributed by atoms with E-state index in [4.69, 9.17) is 10.2 Å². The van der Waals surface area contributed by atoms with Crippen molar-refractivity contribution < 1.29 is 4.42 Å². The van der Waals surface area contributed by atoms with Gasteiger partial charge in [-0.15, -0.1) is 0 Å². The second kappa shape index (κ2) is 4.99. The summed E-state index contributed by atoms with van der Waals surface area (Å²) in [5.41, 5.74) is 6.64. The summed E-state index contributed by atoms with van der Waals surface area (Å²) in [6.45, 7) is 7.07. The lowest BCUT2D eigenvalue weighted by Crippen LogP contribution is -2.49. The topological polar surface area (TPSA) is 45.6 Å². The summed E-state index contributed by atoms with van der Waals surface area (Å²) < 4.78 is 5.49. The Morgan fingerprint density at radius 1 is 1.50 bits per heavy atom. The maximum absolute atomic E-state index is 5.56. The third kappa shape index (κ3) is 2.64. The first-order chi connectivity index (χ1) is 7.69. The Balaban J connectivity index is 1.90.